The Bertz CT molecular complexity index is 1140. The molecule has 3 aromatic rings. The number of H-pyrrole nitrogens is 1. The van der Waals surface area contributed by atoms with Gasteiger partial charge >= 0.3 is 0 Å². The van der Waals surface area contributed by atoms with E-state index in [1.54, 1.807) is 6.33 Å². The number of aromatic amines is 1. The SMILES string of the molecule is O=C(CC1=CCc2ccccc21)N1CCN(c2ncnc3[nH]ccc23)CC12CC2. The highest BCUT2D eigenvalue weighted by Crippen LogP contribution is 2.46. The Morgan fingerprint density at radius 1 is 1.14 bits per heavy atom. The average Bonchev–Trinajstić information content (AvgIpc) is 3.16. The van der Waals surface area contributed by atoms with Crippen molar-refractivity contribution < 1.29 is 4.79 Å². The van der Waals surface area contributed by atoms with Crippen LogP contribution in [0.2, 0.25) is 0 Å². The summed E-state index contributed by atoms with van der Waals surface area (Å²) in [6, 6.07) is 10.5. The highest BCUT2D eigenvalue weighted by molar-refractivity contribution is 5.92. The number of anilines is 1. The lowest BCUT2D eigenvalue weighted by Gasteiger charge is -2.43. The first-order valence-electron chi connectivity index (χ1n) is 10.3. The zero-order valence-electron chi connectivity index (χ0n) is 16.3. The molecule has 146 valence electrons. The van der Waals surface area contributed by atoms with E-state index in [0.29, 0.717) is 6.42 Å². The van der Waals surface area contributed by atoms with Crippen LogP contribution >= 0.6 is 0 Å². The second-order valence-electron chi connectivity index (χ2n) is 8.40. The third-order valence-corrected chi connectivity index (χ3v) is 6.69. The lowest BCUT2D eigenvalue weighted by atomic mass is 10.0. The van der Waals surface area contributed by atoms with E-state index in [2.05, 4.69) is 55.1 Å². The number of piperazine rings is 1. The van der Waals surface area contributed by atoms with Crippen molar-refractivity contribution in [3.8, 4) is 0 Å². The van der Waals surface area contributed by atoms with E-state index >= 15 is 0 Å². The van der Waals surface area contributed by atoms with Crippen LogP contribution in [0.1, 0.15) is 30.4 Å². The molecule has 1 saturated heterocycles. The lowest BCUT2D eigenvalue weighted by molar-refractivity contribution is -0.133. The van der Waals surface area contributed by atoms with Gasteiger partial charge in [-0.25, -0.2) is 9.97 Å². The number of rotatable bonds is 3. The molecule has 3 heterocycles. The van der Waals surface area contributed by atoms with Gasteiger partial charge in [0.1, 0.15) is 17.8 Å². The molecule has 3 aliphatic rings. The maximum absolute atomic E-state index is 13.3. The molecule has 2 aliphatic carbocycles. The Morgan fingerprint density at radius 2 is 2.03 bits per heavy atom. The Morgan fingerprint density at radius 3 is 2.93 bits per heavy atom. The molecule has 2 aromatic heterocycles. The van der Waals surface area contributed by atoms with Crippen LogP contribution in [-0.4, -0.2) is 50.9 Å². The van der Waals surface area contributed by atoms with Crippen molar-refractivity contribution in [1.82, 2.24) is 19.9 Å². The first-order chi connectivity index (χ1) is 14.2. The predicted molar refractivity (Wildman–Crippen MR) is 113 cm³/mol. The Balaban J connectivity index is 1.21. The summed E-state index contributed by atoms with van der Waals surface area (Å²) in [5.41, 5.74) is 4.61. The summed E-state index contributed by atoms with van der Waals surface area (Å²) in [5.74, 6) is 1.24. The van der Waals surface area contributed by atoms with Crippen molar-refractivity contribution in [3.63, 3.8) is 0 Å². The van der Waals surface area contributed by atoms with E-state index in [4.69, 9.17) is 0 Å². The summed E-state index contributed by atoms with van der Waals surface area (Å²) in [6.45, 7) is 2.41. The highest BCUT2D eigenvalue weighted by atomic mass is 16.2. The fourth-order valence-electron chi connectivity index (χ4n) is 5.01. The molecule has 2 fully saturated rings. The lowest BCUT2D eigenvalue weighted by Crippen LogP contribution is -2.57. The molecule has 1 saturated carbocycles. The molecule has 0 radical (unpaired) electrons. The van der Waals surface area contributed by atoms with Crippen LogP contribution < -0.4 is 4.90 Å². The predicted octanol–water partition coefficient (Wildman–Crippen LogP) is 3.17. The number of carbonyl (C=O) groups excluding carboxylic acids is 1. The Hall–Kier alpha value is -3.15. The average molecular weight is 385 g/mol. The van der Waals surface area contributed by atoms with Crippen LogP contribution in [0.15, 0.2) is 48.9 Å². The van der Waals surface area contributed by atoms with Gasteiger partial charge in [-0.1, -0.05) is 30.3 Å². The summed E-state index contributed by atoms with van der Waals surface area (Å²) >= 11 is 0. The number of nitrogens with zero attached hydrogens (tertiary/aromatic N) is 4. The number of nitrogens with one attached hydrogen (secondary N) is 1. The summed E-state index contributed by atoms with van der Waals surface area (Å²) in [7, 11) is 0. The van der Waals surface area contributed by atoms with Gasteiger partial charge < -0.3 is 14.8 Å². The van der Waals surface area contributed by atoms with Crippen molar-refractivity contribution in [2.45, 2.75) is 31.2 Å². The Kier molecular flexibility index (Phi) is 3.57. The van der Waals surface area contributed by atoms with E-state index in [1.165, 1.54) is 16.7 Å². The molecule has 1 amide bonds. The Labute approximate surface area is 169 Å². The van der Waals surface area contributed by atoms with Crippen LogP contribution in [0.3, 0.4) is 0 Å². The molecule has 1 N–H and O–H groups in total. The number of allylic oxidation sites excluding steroid dienone is 1. The standard InChI is InChI=1S/C23H23N5O/c29-20(13-17-6-5-16-3-1-2-4-18(16)17)28-12-11-27(14-23(28)8-9-23)22-19-7-10-24-21(19)25-15-26-22/h1-4,6-7,10,15H,5,8-9,11-14H2,(H,24,25,26). The molecule has 0 atom stereocenters. The second-order valence-corrected chi connectivity index (χ2v) is 8.40. The van der Waals surface area contributed by atoms with Crippen LogP contribution in [0, 0.1) is 0 Å². The van der Waals surface area contributed by atoms with Crippen LogP contribution in [0.25, 0.3) is 16.6 Å². The number of hydrogen-bond acceptors (Lipinski definition) is 4. The first kappa shape index (κ1) is 16.8. The van der Waals surface area contributed by atoms with Crippen molar-refractivity contribution in [2.75, 3.05) is 24.5 Å². The van der Waals surface area contributed by atoms with Crippen molar-refractivity contribution in [2.24, 2.45) is 0 Å². The molecule has 6 rings (SSSR count). The molecule has 6 heteroatoms. The van der Waals surface area contributed by atoms with Crippen molar-refractivity contribution in [3.05, 3.63) is 60.1 Å². The fourth-order valence-corrected chi connectivity index (χ4v) is 5.01. The summed E-state index contributed by atoms with van der Waals surface area (Å²) in [6.07, 6.45) is 9.35. The summed E-state index contributed by atoms with van der Waals surface area (Å²) < 4.78 is 0. The number of fused-ring (bicyclic) bond motifs is 2. The van der Waals surface area contributed by atoms with Gasteiger partial charge in [-0.05, 0) is 42.0 Å². The second kappa shape index (κ2) is 6.17. The molecule has 0 bridgehead atoms. The maximum Gasteiger partial charge on any atom is 0.227 e. The van der Waals surface area contributed by atoms with E-state index < -0.39 is 0 Å². The topological polar surface area (TPSA) is 65.1 Å². The van der Waals surface area contributed by atoms with Crippen LogP contribution in [0.4, 0.5) is 5.82 Å². The molecule has 1 aliphatic heterocycles. The van der Waals surface area contributed by atoms with E-state index in [9.17, 15) is 4.79 Å². The third-order valence-electron chi connectivity index (χ3n) is 6.69. The van der Waals surface area contributed by atoms with Gasteiger partial charge in [0.15, 0.2) is 0 Å². The van der Waals surface area contributed by atoms with Crippen molar-refractivity contribution in [1.29, 1.82) is 0 Å². The number of carbonyl (C=O) groups is 1. The van der Waals surface area contributed by atoms with Gasteiger partial charge in [0, 0.05) is 25.8 Å². The molecule has 6 nitrogen and oxygen atoms in total. The summed E-state index contributed by atoms with van der Waals surface area (Å²) in [4.78, 5) is 29.8. The number of hydrogen-bond donors (Lipinski definition) is 1. The molecule has 0 unspecified atom stereocenters. The minimum absolute atomic E-state index is 0.0262. The minimum atomic E-state index is -0.0262. The minimum Gasteiger partial charge on any atom is -0.352 e. The zero-order chi connectivity index (χ0) is 19.4. The van der Waals surface area contributed by atoms with Crippen LogP contribution in [0.5, 0.6) is 0 Å². The maximum atomic E-state index is 13.3. The van der Waals surface area contributed by atoms with Gasteiger partial charge in [0.2, 0.25) is 5.91 Å². The summed E-state index contributed by atoms with van der Waals surface area (Å²) in [5, 5.41) is 1.05. The van der Waals surface area contributed by atoms with E-state index in [-0.39, 0.29) is 11.4 Å². The molecular weight excluding hydrogens is 362 g/mol. The van der Waals surface area contributed by atoms with Gasteiger partial charge in [0.25, 0.3) is 0 Å². The fraction of sp³-hybridized carbons (Fsp3) is 0.348. The first-order valence-corrected chi connectivity index (χ1v) is 10.3. The number of amides is 1. The zero-order valence-corrected chi connectivity index (χ0v) is 16.3. The van der Waals surface area contributed by atoms with Gasteiger partial charge in [-0.3, -0.25) is 4.79 Å². The van der Waals surface area contributed by atoms with E-state index in [0.717, 1.165) is 55.7 Å². The van der Waals surface area contributed by atoms with E-state index in [1.807, 2.05) is 12.3 Å². The molecule has 1 spiro atoms. The normalized spacial score (nSPS) is 19.5. The smallest absolute Gasteiger partial charge is 0.227 e. The number of aromatic nitrogens is 3. The molecular formula is C23H23N5O. The molecule has 29 heavy (non-hydrogen) atoms. The van der Waals surface area contributed by atoms with Crippen LogP contribution in [-0.2, 0) is 11.2 Å². The largest absolute Gasteiger partial charge is 0.352 e. The quantitative estimate of drug-likeness (QED) is 0.752. The van der Waals surface area contributed by atoms with Crippen molar-refractivity contribution >= 4 is 28.3 Å². The van der Waals surface area contributed by atoms with Gasteiger partial charge in [0.05, 0.1) is 17.3 Å². The monoisotopic (exact) mass is 385 g/mol. The van der Waals surface area contributed by atoms with Gasteiger partial charge in [-0.15, -0.1) is 0 Å². The number of benzene rings is 1. The highest BCUT2D eigenvalue weighted by Gasteiger charge is 2.53. The van der Waals surface area contributed by atoms with Gasteiger partial charge in [-0.2, -0.15) is 0 Å². The molecule has 1 aromatic carbocycles. The third kappa shape index (κ3) is 2.66.